The van der Waals surface area contributed by atoms with E-state index in [1.54, 1.807) is 63.4 Å². The zero-order valence-electron chi connectivity index (χ0n) is 46.3. The van der Waals surface area contributed by atoms with Crippen LogP contribution in [0.1, 0.15) is 125 Å². The van der Waals surface area contributed by atoms with Gasteiger partial charge in [0.2, 0.25) is 11.8 Å². The summed E-state index contributed by atoms with van der Waals surface area (Å²) in [7, 11) is 3.22. The molecule has 414 valence electrons. The standard InChI is InChI=1S/C63H72N6O10/c1-37(2)60(67-59(72)13-10-8-9-12-50-54(70)25-39(4)61(50)73)55(71)26-40(5)62(74)66-46-18-14-41(15-19-46)44-28-48-33-65-53-31-58(57(77-7)29-51(53)63(75)69(48)36-44)79-23-11-22-78-56-30-52-45(24-38(56)3)35-68-34-43(27-47(68)32-64-52)42-16-20-49(76-6)21-17-42/h14-21,24,29-34,36-37,39-40,47-48,50,60H,8-13,22-23,25-28,35H2,1-7H3,(H,66,74)(H,67,72)/t39?,40-,47+,48+,50?,60+/m1/s1. The predicted molar refractivity (Wildman–Crippen MR) is 305 cm³/mol. The van der Waals surface area contributed by atoms with E-state index in [1.807, 2.05) is 56.6 Å². The van der Waals surface area contributed by atoms with Gasteiger partial charge in [-0.2, -0.15) is 0 Å². The number of carbonyl (C=O) groups excluding carboxylic acids is 6. The van der Waals surface area contributed by atoms with Crippen LogP contribution in [0, 0.1) is 30.6 Å². The Morgan fingerprint density at radius 3 is 2.10 bits per heavy atom. The van der Waals surface area contributed by atoms with E-state index in [2.05, 4.69) is 46.9 Å². The third kappa shape index (κ3) is 13.0. The SMILES string of the molecule is COc1ccc(C2=CN3Cc4cc(C)c(OCCCOc5cc6c(cc5OC)C(=O)N5C=C(c7ccc(NC(=O)[C@H](C)CC(=O)[C@@H](NC(=O)CCCCCC8C(=O)CC(C)C8=O)C(C)C)cc7)C[C@H]5C=N6)cc4N=C[C@@H]3C2)cc1. The lowest BCUT2D eigenvalue weighted by molar-refractivity contribution is -0.131. The van der Waals surface area contributed by atoms with Gasteiger partial charge in [0.25, 0.3) is 5.91 Å². The van der Waals surface area contributed by atoms with Gasteiger partial charge in [-0.15, -0.1) is 0 Å². The summed E-state index contributed by atoms with van der Waals surface area (Å²) in [5, 5.41) is 5.80. The average Bonchev–Trinajstić information content (AvgIpc) is 4.11. The topological polar surface area (TPSA) is 195 Å². The van der Waals surface area contributed by atoms with Crippen molar-refractivity contribution in [3.63, 3.8) is 0 Å². The smallest absolute Gasteiger partial charge is 0.260 e. The molecule has 16 nitrogen and oxygen atoms in total. The van der Waals surface area contributed by atoms with Crippen molar-refractivity contribution in [2.24, 2.45) is 33.7 Å². The second-order valence-corrected chi connectivity index (χ2v) is 21.9. The second-order valence-electron chi connectivity index (χ2n) is 21.9. The van der Waals surface area contributed by atoms with Crippen LogP contribution in [0.4, 0.5) is 17.1 Å². The molecule has 9 rings (SSSR count). The Kier molecular flexibility index (Phi) is 17.6. The number of ether oxygens (including phenoxy) is 4. The van der Waals surface area contributed by atoms with Gasteiger partial charge < -0.3 is 39.4 Å². The van der Waals surface area contributed by atoms with Crippen LogP contribution in [0.25, 0.3) is 11.1 Å². The lowest BCUT2D eigenvalue weighted by Crippen LogP contribution is -2.45. The average molecular weight is 1070 g/mol. The Hall–Kier alpha value is -7.88. The highest BCUT2D eigenvalue weighted by molar-refractivity contribution is 6.10. The molecule has 4 aliphatic heterocycles. The van der Waals surface area contributed by atoms with E-state index in [0.717, 1.165) is 52.4 Å². The summed E-state index contributed by atoms with van der Waals surface area (Å²) in [5.41, 5.74) is 8.81. The van der Waals surface area contributed by atoms with Crippen LogP contribution in [0.5, 0.6) is 23.0 Å². The van der Waals surface area contributed by atoms with Gasteiger partial charge in [-0.05, 0) is 102 Å². The fraction of sp³-hybridized carbons (Fsp3) is 0.429. The molecule has 6 atom stereocenters. The molecular weight excluding hydrogens is 1000 g/mol. The molecule has 0 spiro atoms. The summed E-state index contributed by atoms with van der Waals surface area (Å²) in [4.78, 5) is 91.8. The maximum Gasteiger partial charge on any atom is 0.260 e. The van der Waals surface area contributed by atoms with E-state index in [-0.39, 0.29) is 71.8 Å². The number of nitrogens with one attached hydrogen (secondary N) is 2. The monoisotopic (exact) mass is 1070 g/mol. The number of hydrogen-bond donors (Lipinski definition) is 2. The van der Waals surface area contributed by atoms with Gasteiger partial charge in [0.1, 0.15) is 23.1 Å². The number of Topliss-reactive ketones (excluding diaryl/α,β-unsaturated/α-hetero) is 3. The number of aryl methyl sites for hydroxylation is 1. The molecule has 1 saturated carbocycles. The Morgan fingerprint density at radius 1 is 0.734 bits per heavy atom. The summed E-state index contributed by atoms with van der Waals surface area (Å²) in [5.74, 6) is 0.0244. The van der Waals surface area contributed by atoms with Gasteiger partial charge in [0.05, 0.1) is 68.4 Å². The second kappa shape index (κ2) is 24.8. The Morgan fingerprint density at radius 2 is 1.41 bits per heavy atom. The van der Waals surface area contributed by atoms with Gasteiger partial charge in [-0.1, -0.05) is 64.8 Å². The van der Waals surface area contributed by atoms with E-state index in [4.69, 9.17) is 28.9 Å². The van der Waals surface area contributed by atoms with Crippen LogP contribution in [-0.2, 0) is 30.5 Å². The summed E-state index contributed by atoms with van der Waals surface area (Å²) in [6.07, 6.45) is 12.9. The first kappa shape index (κ1) is 55.9. The number of hydrogen-bond acceptors (Lipinski definition) is 13. The molecule has 79 heavy (non-hydrogen) atoms. The van der Waals surface area contributed by atoms with Gasteiger partial charge >= 0.3 is 0 Å². The molecule has 4 heterocycles. The Bertz CT molecular complexity index is 3110. The maximum atomic E-state index is 14.1. The summed E-state index contributed by atoms with van der Waals surface area (Å²) in [6.45, 7) is 10.8. The molecule has 2 N–H and O–H groups in total. The molecule has 1 aliphatic carbocycles. The zero-order valence-corrected chi connectivity index (χ0v) is 46.3. The first-order valence-corrected chi connectivity index (χ1v) is 27.7. The highest BCUT2D eigenvalue weighted by atomic mass is 16.5. The fourth-order valence-electron chi connectivity index (χ4n) is 11.1. The molecule has 0 bridgehead atoms. The number of ketones is 3. The van der Waals surface area contributed by atoms with Crippen LogP contribution in [0.2, 0.25) is 0 Å². The van der Waals surface area contributed by atoms with E-state index in [0.29, 0.717) is 86.6 Å². The number of fused-ring (bicyclic) bond motifs is 4. The van der Waals surface area contributed by atoms with Crippen LogP contribution in [0.15, 0.2) is 95.2 Å². The van der Waals surface area contributed by atoms with Crippen molar-refractivity contribution in [1.29, 1.82) is 0 Å². The summed E-state index contributed by atoms with van der Waals surface area (Å²) >= 11 is 0. The number of benzene rings is 4. The predicted octanol–water partition coefficient (Wildman–Crippen LogP) is 10.6. The van der Waals surface area contributed by atoms with Gasteiger partial charge in [0.15, 0.2) is 17.3 Å². The molecule has 2 unspecified atom stereocenters. The fourth-order valence-corrected chi connectivity index (χ4v) is 11.1. The van der Waals surface area contributed by atoms with Crippen molar-refractivity contribution >= 4 is 75.7 Å². The quantitative estimate of drug-likeness (QED) is 0.0530. The number of unbranched alkanes of at least 4 members (excludes halogenated alkanes) is 2. The first-order chi connectivity index (χ1) is 38.1. The van der Waals surface area contributed by atoms with Crippen LogP contribution >= 0.6 is 0 Å². The number of anilines is 1. The lowest BCUT2D eigenvalue weighted by atomic mass is 9.92. The lowest BCUT2D eigenvalue weighted by Gasteiger charge is -2.23. The minimum Gasteiger partial charge on any atom is -0.497 e. The molecule has 1 fully saturated rings. The van der Waals surface area contributed by atoms with Crippen molar-refractivity contribution in [1.82, 2.24) is 15.1 Å². The zero-order chi connectivity index (χ0) is 55.9. The molecule has 4 aromatic rings. The van der Waals surface area contributed by atoms with Crippen LogP contribution < -0.4 is 29.6 Å². The first-order valence-electron chi connectivity index (χ1n) is 27.7. The number of methoxy groups -OCH3 is 2. The van der Waals surface area contributed by atoms with Crippen molar-refractivity contribution in [3.05, 3.63) is 113 Å². The highest BCUT2D eigenvalue weighted by Gasteiger charge is 2.38. The van der Waals surface area contributed by atoms with E-state index >= 15 is 0 Å². The van der Waals surface area contributed by atoms with E-state index in [9.17, 15) is 28.8 Å². The van der Waals surface area contributed by atoms with Crippen molar-refractivity contribution < 1.29 is 47.7 Å². The molecule has 3 amide bonds. The molecule has 4 aromatic carbocycles. The van der Waals surface area contributed by atoms with Crippen molar-refractivity contribution in [2.75, 3.05) is 32.8 Å². The summed E-state index contributed by atoms with van der Waals surface area (Å²) in [6, 6.07) is 22.3. The minimum atomic E-state index is -0.736. The minimum absolute atomic E-state index is 0.0188. The van der Waals surface area contributed by atoms with Gasteiger partial charge in [0, 0.05) is 93.1 Å². The number of nitrogens with zero attached hydrogens (tertiary/aromatic N) is 4. The van der Waals surface area contributed by atoms with Crippen LogP contribution in [0.3, 0.4) is 0 Å². The third-order valence-electron chi connectivity index (χ3n) is 15.7. The molecule has 0 radical (unpaired) electrons. The Labute approximate surface area is 462 Å². The summed E-state index contributed by atoms with van der Waals surface area (Å²) < 4.78 is 23.5. The third-order valence-corrected chi connectivity index (χ3v) is 15.7. The highest BCUT2D eigenvalue weighted by Crippen LogP contribution is 2.41. The molecule has 16 heteroatoms. The number of carbonyl (C=O) groups is 6. The van der Waals surface area contributed by atoms with Crippen LogP contribution in [-0.4, -0.2) is 103 Å². The molecule has 5 aliphatic rings. The van der Waals surface area contributed by atoms with E-state index < -0.39 is 17.9 Å². The largest absolute Gasteiger partial charge is 0.497 e. The normalized spacial score (nSPS) is 19.8. The van der Waals surface area contributed by atoms with E-state index in [1.165, 1.54) is 11.1 Å². The molecular formula is C63H72N6O10. The molecule has 0 aromatic heterocycles. The maximum absolute atomic E-state index is 14.1. The number of amides is 3. The number of aliphatic imine (C=N–C) groups is 2. The van der Waals surface area contributed by atoms with Crippen molar-refractivity contribution in [3.8, 4) is 23.0 Å². The Balaban J connectivity index is 0.724. The van der Waals surface area contributed by atoms with Gasteiger partial charge in [-0.25, -0.2) is 0 Å². The number of rotatable bonds is 23. The molecule has 0 saturated heterocycles. The van der Waals surface area contributed by atoms with Crippen molar-refractivity contribution in [2.45, 2.75) is 123 Å². The van der Waals surface area contributed by atoms with Gasteiger partial charge in [-0.3, -0.25) is 38.8 Å².